The summed E-state index contributed by atoms with van der Waals surface area (Å²) in [4.78, 5) is 12.9. The Morgan fingerprint density at radius 1 is 1.14 bits per heavy atom. The predicted molar refractivity (Wildman–Crippen MR) is 90.5 cm³/mol. The summed E-state index contributed by atoms with van der Waals surface area (Å²) in [5.74, 6) is 0.693. The van der Waals surface area contributed by atoms with Crippen molar-refractivity contribution in [3.05, 3.63) is 64.1 Å². The number of esters is 1. The molecule has 110 valence electrons. The fraction of sp³-hybridized carbons (Fsp3) is 0.235. The molecule has 21 heavy (non-hydrogen) atoms. The minimum absolute atomic E-state index is 0.189. The second-order valence-corrected chi connectivity index (χ2v) is 6.34. The quantitative estimate of drug-likeness (QED) is 0.541. The Kier molecular flexibility index (Phi) is 6.33. The van der Waals surface area contributed by atoms with Crippen LogP contribution >= 0.6 is 27.7 Å². The SMILES string of the molecule is CCOC(=O)Cc1c(Br)cccc1SCc1ccccc1. The molecular formula is C17H17BrO2S. The Bertz CT molecular complexity index is 599. The number of hydrogen-bond donors (Lipinski definition) is 0. The average Bonchev–Trinajstić information content (AvgIpc) is 2.49. The van der Waals surface area contributed by atoms with E-state index in [1.807, 2.05) is 43.3 Å². The molecule has 2 nitrogen and oxygen atoms in total. The van der Waals surface area contributed by atoms with Crippen LogP contribution in [0, 0.1) is 0 Å². The summed E-state index contributed by atoms with van der Waals surface area (Å²) < 4.78 is 6.00. The van der Waals surface area contributed by atoms with E-state index in [0.717, 1.165) is 20.7 Å². The first-order valence-corrected chi connectivity index (χ1v) is 8.58. The van der Waals surface area contributed by atoms with Crippen LogP contribution in [0.15, 0.2) is 57.9 Å². The summed E-state index contributed by atoms with van der Waals surface area (Å²) in [6.45, 7) is 2.23. The molecule has 0 saturated carbocycles. The summed E-state index contributed by atoms with van der Waals surface area (Å²) in [5.41, 5.74) is 2.27. The van der Waals surface area contributed by atoms with Crippen LogP contribution in [0.2, 0.25) is 0 Å². The smallest absolute Gasteiger partial charge is 0.310 e. The fourth-order valence-electron chi connectivity index (χ4n) is 1.94. The van der Waals surface area contributed by atoms with Crippen molar-refractivity contribution in [1.29, 1.82) is 0 Å². The van der Waals surface area contributed by atoms with E-state index in [1.54, 1.807) is 11.8 Å². The van der Waals surface area contributed by atoms with E-state index in [9.17, 15) is 4.79 Å². The minimum Gasteiger partial charge on any atom is -0.466 e. The van der Waals surface area contributed by atoms with Gasteiger partial charge in [-0.15, -0.1) is 11.8 Å². The second kappa shape index (κ2) is 8.25. The Morgan fingerprint density at radius 3 is 2.62 bits per heavy atom. The van der Waals surface area contributed by atoms with Gasteiger partial charge < -0.3 is 4.74 Å². The van der Waals surface area contributed by atoms with Crippen molar-refractivity contribution in [1.82, 2.24) is 0 Å². The number of carbonyl (C=O) groups is 1. The van der Waals surface area contributed by atoms with E-state index in [1.165, 1.54) is 5.56 Å². The molecule has 0 N–H and O–H groups in total. The zero-order valence-electron chi connectivity index (χ0n) is 11.8. The summed E-state index contributed by atoms with van der Waals surface area (Å²) >= 11 is 5.27. The largest absolute Gasteiger partial charge is 0.466 e. The van der Waals surface area contributed by atoms with Crippen LogP contribution in [-0.2, 0) is 21.7 Å². The third-order valence-corrected chi connectivity index (χ3v) is 4.85. The van der Waals surface area contributed by atoms with Gasteiger partial charge in [0.2, 0.25) is 0 Å². The molecule has 0 bridgehead atoms. The van der Waals surface area contributed by atoms with Crippen LogP contribution in [0.25, 0.3) is 0 Å². The Hall–Kier alpha value is -1.26. The first-order valence-electron chi connectivity index (χ1n) is 6.80. The van der Waals surface area contributed by atoms with Gasteiger partial charge in [0.1, 0.15) is 0 Å². The number of halogens is 1. The summed E-state index contributed by atoms with van der Waals surface area (Å²) in [6.07, 6.45) is 0.298. The van der Waals surface area contributed by atoms with Gasteiger partial charge in [0.25, 0.3) is 0 Å². The van der Waals surface area contributed by atoms with Crippen LogP contribution < -0.4 is 0 Å². The highest BCUT2D eigenvalue weighted by Crippen LogP contribution is 2.31. The lowest BCUT2D eigenvalue weighted by molar-refractivity contribution is -0.142. The van der Waals surface area contributed by atoms with E-state index in [4.69, 9.17) is 4.74 Å². The number of benzene rings is 2. The maximum absolute atomic E-state index is 11.7. The lowest BCUT2D eigenvalue weighted by Crippen LogP contribution is -2.08. The minimum atomic E-state index is -0.189. The lowest BCUT2D eigenvalue weighted by atomic mass is 10.1. The van der Waals surface area contributed by atoms with Crippen molar-refractivity contribution in [3.63, 3.8) is 0 Å². The molecule has 0 fully saturated rings. The van der Waals surface area contributed by atoms with Crippen LogP contribution in [-0.4, -0.2) is 12.6 Å². The van der Waals surface area contributed by atoms with Crippen molar-refractivity contribution in [3.8, 4) is 0 Å². The van der Waals surface area contributed by atoms with Gasteiger partial charge in [-0.1, -0.05) is 52.3 Å². The van der Waals surface area contributed by atoms with Gasteiger partial charge in [-0.25, -0.2) is 0 Å². The highest BCUT2D eigenvalue weighted by molar-refractivity contribution is 9.10. The molecule has 0 amide bonds. The third-order valence-electron chi connectivity index (χ3n) is 2.94. The van der Waals surface area contributed by atoms with Gasteiger partial charge in [0.05, 0.1) is 13.0 Å². The number of hydrogen-bond acceptors (Lipinski definition) is 3. The van der Waals surface area contributed by atoms with Gasteiger partial charge in [0, 0.05) is 15.1 Å². The summed E-state index contributed by atoms with van der Waals surface area (Å²) in [7, 11) is 0. The predicted octanol–water partition coefficient (Wildman–Crippen LogP) is 4.85. The van der Waals surface area contributed by atoms with E-state index in [2.05, 4.69) is 28.1 Å². The molecule has 0 spiro atoms. The Morgan fingerprint density at radius 2 is 1.90 bits per heavy atom. The summed E-state index contributed by atoms with van der Waals surface area (Å²) in [6, 6.07) is 16.3. The molecule has 0 aliphatic carbocycles. The maximum Gasteiger partial charge on any atom is 0.310 e. The van der Waals surface area contributed by atoms with Gasteiger partial charge in [-0.05, 0) is 30.2 Å². The third kappa shape index (κ3) is 4.90. The van der Waals surface area contributed by atoms with Gasteiger partial charge >= 0.3 is 5.97 Å². The molecule has 0 aliphatic heterocycles. The van der Waals surface area contributed by atoms with Crippen molar-refractivity contribution >= 4 is 33.7 Å². The topological polar surface area (TPSA) is 26.3 Å². The van der Waals surface area contributed by atoms with Crippen LogP contribution in [0.5, 0.6) is 0 Å². The molecule has 2 rings (SSSR count). The molecule has 0 heterocycles. The first kappa shape index (κ1) is 16.1. The number of rotatable bonds is 6. The monoisotopic (exact) mass is 364 g/mol. The van der Waals surface area contributed by atoms with Crippen molar-refractivity contribution < 1.29 is 9.53 Å². The fourth-order valence-corrected chi connectivity index (χ4v) is 3.62. The van der Waals surface area contributed by atoms with Crippen molar-refractivity contribution in [2.75, 3.05) is 6.61 Å². The van der Waals surface area contributed by atoms with E-state index in [0.29, 0.717) is 13.0 Å². The normalized spacial score (nSPS) is 10.4. The van der Waals surface area contributed by atoms with Crippen LogP contribution in [0.1, 0.15) is 18.1 Å². The van der Waals surface area contributed by atoms with Gasteiger partial charge in [0.15, 0.2) is 0 Å². The molecular weight excluding hydrogens is 348 g/mol. The Labute approximate surface area is 138 Å². The molecule has 0 aliphatic rings. The zero-order chi connectivity index (χ0) is 15.1. The summed E-state index contributed by atoms with van der Waals surface area (Å²) in [5, 5.41) is 0. The van der Waals surface area contributed by atoms with E-state index < -0.39 is 0 Å². The van der Waals surface area contributed by atoms with Gasteiger partial charge in [-0.2, -0.15) is 0 Å². The second-order valence-electron chi connectivity index (χ2n) is 4.47. The molecule has 0 radical (unpaired) electrons. The highest BCUT2D eigenvalue weighted by Gasteiger charge is 2.12. The van der Waals surface area contributed by atoms with Gasteiger partial charge in [-0.3, -0.25) is 4.79 Å². The molecule has 2 aromatic carbocycles. The average molecular weight is 365 g/mol. The molecule has 0 saturated heterocycles. The van der Waals surface area contributed by atoms with Crippen molar-refractivity contribution in [2.45, 2.75) is 24.0 Å². The van der Waals surface area contributed by atoms with Crippen LogP contribution in [0.3, 0.4) is 0 Å². The lowest BCUT2D eigenvalue weighted by Gasteiger charge is -2.11. The van der Waals surface area contributed by atoms with E-state index in [-0.39, 0.29) is 5.97 Å². The number of carbonyl (C=O) groups excluding carboxylic acids is 1. The highest BCUT2D eigenvalue weighted by atomic mass is 79.9. The standard InChI is InChI=1S/C17H17BrO2S/c1-2-20-17(19)11-14-15(18)9-6-10-16(14)21-12-13-7-4-3-5-8-13/h3-10H,2,11-12H2,1H3. The van der Waals surface area contributed by atoms with E-state index >= 15 is 0 Å². The van der Waals surface area contributed by atoms with Crippen molar-refractivity contribution in [2.24, 2.45) is 0 Å². The molecule has 2 aromatic rings. The first-order chi connectivity index (χ1) is 10.2. The number of thioether (sulfide) groups is 1. The molecule has 0 unspecified atom stereocenters. The maximum atomic E-state index is 11.7. The molecule has 4 heteroatoms. The Balaban J connectivity index is 2.11. The number of ether oxygens (including phenoxy) is 1. The molecule has 0 aromatic heterocycles. The van der Waals surface area contributed by atoms with Crippen LogP contribution in [0.4, 0.5) is 0 Å². The zero-order valence-corrected chi connectivity index (χ0v) is 14.2. The molecule has 0 atom stereocenters.